The number of hydrogen-bond acceptors (Lipinski definition) is 3. The molecule has 0 spiro atoms. The van der Waals surface area contributed by atoms with E-state index in [-0.39, 0.29) is 0 Å². The van der Waals surface area contributed by atoms with Crippen molar-refractivity contribution in [3.63, 3.8) is 0 Å². The summed E-state index contributed by atoms with van der Waals surface area (Å²) in [6.45, 7) is 0.375. The summed E-state index contributed by atoms with van der Waals surface area (Å²) in [5.41, 5.74) is 0.908. The van der Waals surface area contributed by atoms with Gasteiger partial charge in [0.05, 0.1) is 0 Å². The zero-order valence-corrected chi connectivity index (χ0v) is 10.2. The Bertz CT molecular complexity index is 514. The molecule has 0 fully saturated rings. The lowest BCUT2D eigenvalue weighted by Gasteiger charge is -2.06. The van der Waals surface area contributed by atoms with Crippen molar-refractivity contribution in [1.82, 2.24) is 10.3 Å². The molecule has 0 unspecified atom stereocenters. The van der Waals surface area contributed by atoms with Crippen LogP contribution in [0.2, 0.25) is 5.02 Å². The van der Waals surface area contributed by atoms with E-state index in [1.165, 1.54) is 0 Å². The van der Waals surface area contributed by atoms with Crippen LogP contribution < -0.4 is 10.1 Å². The number of ether oxygens (including phenoxy) is 1. The molecule has 1 amide bonds. The maximum atomic E-state index is 11.5. The Balaban J connectivity index is 1.84. The van der Waals surface area contributed by atoms with E-state index < -0.39 is 6.09 Å². The van der Waals surface area contributed by atoms with Crippen LogP contribution in [0.5, 0.6) is 5.75 Å². The molecule has 18 heavy (non-hydrogen) atoms. The summed E-state index contributed by atoms with van der Waals surface area (Å²) in [5.74, 6) is 0.447. The van der Waals surface area contributed by atoms with Crippen LogP contribution in [0.25, 0.3) is 0 Å². The average molecular weight is 263 g/mol. The van der Waals surface area contributed by atoms with Crippen molar-refractivity contribution in [1.29, 1.82) is 0 Å². The van der Waals surface area contributed by atoms with Crippen LogP contribution in [-0.4, -0.2) is 11.1 Å². The number of benzene rings is 1. The summed E-state index contributed by atoms with van der Waals surface area (Å²) < 4.78 is 5.06. The van der Waals surface area contributed by atoms with E-state index in [0.29, 0.717) is 17.3 Å². The molecule has 0 aliphatic rings. The molecule has 1 N–H and O–H groups in total. The number of carbonyl (C=O) groups excluding carboxylic acids is 1. The summed E-state index contributed by atoms with van der Waals surface area (Å²) in [6, 6.07) is 10.3. The number of pyridine rings is 1. The first-order valence-electron chi connectivity index (χ1n) is 5.34. The van der Waals surface area contributed by atoms with Gasteiger partial charge in [0.25, 0.3) is 0 Å². The summed E-state index contributed by atoms with van der Waals surface area (Å²) in [4.78, 5) is 15.4. The number of halogens is 1. The highest BCUT2D eigenvalue weighted by atomic mass is 35.5. The number of amides is 1. The fraction of sp³-hybridized carbons (Fsp3) is 0.0769. The monoisotopic (exact) mass is 262 g/mol. The van der Waals surface area contributed by atoms with E-state index in [4.69, 9.17) is 16.3 Å². The van der Waals surface area contributed by atoms with Gasteiger partial charge in [-0.05, 0) is 35.9 Å². The highest BCUT2D eigenvalue weighted by molar-refractivity contribution is 6.30. The van der Waals surface area contributed by atoms with Crippen LogP contribution in [0.15, 0.2) is 48.8 Å². The Morgan fingerprint density at radius 2 is 2.06 bits per heavy atom. The van der Waals surface area contributed by atoms with Gasteiger partial charge in [-0.2, -0.15) is 0 Å². The van der Waals surface area contributed by atoms with Crippen molar-refractivity contribution < 1.29 is 9.53 Å². The van der Waals surface area contributed by atoms with Gasteiger partial charge in [-0.15, -0.1) is 0 Å². The molecule has 92 valence electrons. The molecular formula is C13H11ClN2O2. The second-order valence-corrected chi connectivity index (χ2v) is 3.99. The van der Waals surface area contributed by atoms with Crippen molar-refractivity contribution in [2.24, 2.45) is 0 Å². The molecule has 0 atom stereocenters. The number of carbonyl (C=O) groups is 1. The summed E-state index contributed by atoms with van der Waals surface area (Å²) >= 11 is 5.73. The highest BCUT2D eigenvalue weighted by Crippen LogP contribution is 2.15. The maximum Gasteiger partial charge on any atom is 0.412 e. The van der Waals surface area contributed by atoms with E-state index in [1.54, 1.807) is 36.7 Å². The minimum Gasteiger partial charge on any atom is -0.410 e. The van der Waals surface area contributed by atoms with Gasteiger partial charge in [-0.1, -0.05) is 17.7 Å². The quantitative estimate of drug-likeness (QED) is 0.925. The highest BCUT2D eigenvalue weighted by Gasteiger charge is 2.03. The van der Waals surface area contributed by atoms with Gasteiger partial charge < -0.3 is 10.1 Å². The molecule has 2 rings (SSSR count). The molecule has 1 aromatic heterocycles. The van der Waals surface area contributed by atoms with Crippen molar-refractivity contribution in [2.75, 3.05) is 0 Å². The Hall–Kier alpha value is -2.07. The molecular weight excluding hydrogens is 252 g/mol. The predicted octanol–water partition coefficient (Wildman–Crippen LogP) is 3.02. The van der Waals surface area contributed by atoms with Gasteiger partial charge >= 0.3 is 6.09 Å². The second-order valence-electron chi connectivity index (χ2n) is 3.56. The third-order valence-electron chi connectivity index (χ3n) is 2.18. The molecule has 1 aromatic carbocycles. The Morgan fingerprint density at radius 3 is 2.72 bits per heavy atom. The maximum absolute atomic E-state index is 11.5. The summed E-state index contributed by atoms with van der Waals surface area (Å²) in [7, 11) is 0. The summed E-state index contributed by atoms with van der Waals surface area (Å²) in [6.07, 6.45) is 2.85. The van der Waals surface area contributed by atoms with E-state index >= 15 is 0 Å². The van der Waals surface area contributed by atoms with Crippen LogP contribution in [0, 0.1) is 0 Å². The standard InChI is InChI=1S/C13H11ClN2O2/c14-11-3-5-12(6-4-11)18-13(17)16-9-10-2-1-7-15-8-10/h1-8H,9H2,(H,16,17). The minimum atomic E-state index is -0.513. The van der Waals surface area contributed by atoms with Crippen molar-refractivity contribution >= 4 is 17.7 Å². The topological polar surface area (TPSA) is 51.2 Å². The predicted molar refractivity (Wildman–Crippen MR) is 68.6 cm³/mol. The molecule has 0 saturated carbocycles. The van der Waals surface area contributed by atoms with Crippen molar-refractivity contribution in [3.05, 3.63) is 59.4 Å². The number of aromatic nitrogens is 1. The third-order valence-corrected chi connectivity index (χ3v) is 2.44. The Morgan fingerprint density at radius 1 is 1.28 bits per heavy atom. The number of rotatable bonds is 3. The first-order chi connectivity index (χ1) is 8.74. The van der Waals surface area contributed by atoms with Gasteiger partial charge in [-0.3, -0.25) is 4.98 Å². The number of nitrogens with zero attached hydrogens (tertiary/aromatic N) is 1. The van der Waals surface area contributed by atoms with E-state index in [0.717, 1.165) is 5.56 Å². The first-order valence-corrected chi connectivity index (χ1v) is 5.72. The fourth-order valence-corrected chi connectivity index (χ4v) is 1.45. The molecule has 0 aliphatic heterocycles. The largest absolute Gasteiger partial charge is 0.412 e. The third kappa shape index (κ3) is 3.75. The number of hydrogen-bond donors (Lipinski definition) is 1. The van der Waals surface area contributed by atoms with E-state index in [2.05, 4.69) is 10.3 Å². The molecule has 5 heteroatoms. The van der Waals surface area contributed by atoms with Crippen LogP contribution in [0.1, 0.15) is 5.56 Å². The summed E-state index contributed by atoms with van der Waals surface area (Å²) in [5, 5.41) is 3.22. The zero-order chi connectivity index (χ0) is 12.8. The SMILES string of the molecule is O=C(NCc1cccnc1)Oc1ccc(Cl)cc1. The minimum absolute atomic E-state index is 0.375. The van der Waals surface area contributed by atoms with E-state index in [1.807, 2.05) is 12.1 Å². The number of nitrogens with one attached hydrogen (secondary N) is 1. The van der Waals surface area contributed by atoms with Gasteiger partial charge in [0.1, 0.15) is 5.75 Å². The van der Waals surface area contributed by atoms with Crippen molar-refractivity contribution in [3.8, 4) is 5.75 Å². The molecule has 0 bridgehead atoms. The second kappa shape index (κ2) is 6.02. The molecule has 0 radical (unpaired) electrons. The lowest BCUT2D eigenvalue weighted by Crippen LogP contribution is -2.26. The van der Waals surface area contributed by atoms with Gasteiger partial charge in [0.15, 0.2) is 0 Å². The first kappa shape index (κ1) is 12.4. The smallest absolute Gasteiger partial charge is 0.410 e. The lowest BCUT2D eigenvalue weighted by atomic mass is 10.3. The zero-order valence-electron chi connectivity index (χ0n) is 9.47. The average Bonchev–Trinajstić information content (AvgIpc) is 2.40. The van der Waals surface area contributed by atoms with E-state index in [9.17, 15) is 4.79 Å². The van der Waals surface area contributed by atoms with Gasteiger partial charge in [0.2, 0.25) is 0 Å². The van der Waals surface area contributed by atoms with Gasteiger partial charge in [-0.25, -0.2) is 4.79 Å². The fourth-order valence-electron chi connectivity index (χ4n) is 1.32. The molecule has 1 heterocycles. The van der Waals surface area contributed by atoms with Crippen LogP contribution >= 0.6 is 11.6 Å². The van der Waals surface area contributed by atoms with Gasteiger partial charge in [0, 0.05) is 24.0 Å². The molecule has 4 nitrogen and oxygen atoms in total. The lowest BCUT2D eigenvalue weighted by molar-refractivity contribution is 0.200. The molecule has 2 aromatic rings. The van der Waals surface area contributed by atoms with Crippen LogP contribution in [0.4, 0.5) is 4.79 Å². The van der Waals surface area contributed by atoms with Crippen LogP contribution in [-0.2, 0) is 6.54 Å². The Labute approximate surface area is 110 Å². The van der Waals surface area contributed by atoms with Crippen molar-refractivity contribution in [2.45, 2.75) is 6.54 Å². The Kier molecular flexibility index (Phi) is 4.15. The van der Waals surface area contributed by atoms with Crippen LogP contribution in [0.3, 0.4) is 0 Å². The molecule has 0 aliphatic carbocycles. The molecule has 0 saturated heterocycles. The normalized spacial score (nSPS) is 9.83.